The highest BCUT2D eigenvalue weighted by Gasteiger charge is 2.24. The molecule has 1 aromatic carbocycles. The Morgan fingerprint density at radius 3 is 2.72 bits per heavy atom. The minimum atomic E-state index is -0.465. The van der Waals surface area contributed by atoms with Gasteiger partial charge in [-0.25, -0.2) is 0 Å². The highest BCUT2D eigenvalue weighted by Crippen LogP contribution is 2.27. The number of nitrogens with one attached hydrogen (secondary N) is 1. The minimum Gasteiger partial charge on any atom is -0.391 e. The smallest absolute Gasteiger partial charge is 0.0737 e. The number of halogens is 1. The van der Waals surface area contributed by atoms with Crippen LogP contribution in [0.15, 0.2) is 30.5 Å². The molecule has 4 heteroatoms. The van der Waals surface area contributed by atoms with Crippen LogP contribution in [0, 0.1) is 0 Å². The van der Waals surface area contributed by atoms with Gasteiger partial charge in [0.25, 0.3) is 0 Å². The van der Waals surface area contributed by atoms with Crippen LogP contribution in [0.3, 0.4) is 0 Å². The zero-order valence-electron chi connectivity index (χ0n) is 10.7. The van der Waals surface area contributed by atoms with Crippen molar-refractivity contribution >= 4 is 28.2 Å². The number of anilines is 1. The molecule has 1 heterocycles. The summed E-state index contributed by atoms with van der Waals surface area (Å²) >= 11 is 5.95. The van der Waals surface area contributed by atoms with Crippen molar-refractivity contribution in [3.63, 3.8) is 0 Å². The average molecular weight is 265 g/mol. The third-order valence-electron chi connectivity index (χ3n) is 3.21. The number of nitrogens with zero attached hydrogens (tertiary/aromatic N) is 1. The van der Waals surface area contributed by atoms with E-state index in [4.69, 9.17) is 11.6 Å². The third kappa shape index (κ3) is 2.57. The number of pyridine rings is 1. The monoisotopic (exact) mass is 264 g/mol. The number of hydrogen-bond donors (Lipinski definition) is 2. The molecule has 3 nitrogen and oxygen atoms in total. The van der Waals surface area contributed by atoms with E-state index in [-0.39, 0.29) is 0 Å². The van der Waals surface area contributed by atoms with Crippen molar-refractivity contribution in [1.82, 2.24) is 4.98 Å². The summed E-state index contributed by atoms with van der Waals surface area (Å²) < 4.78 is 0. The molecule has 0 bridgehead atoms. The maximum absolute atomic E-state index is 9.76. The highest BCUT2D eigenvalue weighted by atomic mass is 35.5. The lowest BCUT2D eigenvalue weighted by atomic mass is 9.98. The molecule has 1 aromatic heterocycles. The minimum absolute atomic E-state index is 0.409. The van der Waals surface area contributed by atoms with Gasteiger partial charge in [0, 0.05) is 22.3 Å². The summed E-state index contributed by atoms with van der Waals surface area (Å²) in [6.07, 6.45) is 1.27. The Bertz CT molecular complexity index is 567. The lowest BCUT2D eigenvalue weighted by Gasteiger charge is -2.31. The van der Waals surface area contributed by atoms with Crippen LogP contribution in [0.2, 0.25) is 5.02 Å². The van der Waals surface area contributed by atoms with Crippen LogP contribution in [-0.2, 0) is 0 Å². The molecule has 2 rings (SSSR count). The average Bonchev–Trinajstić information content (AvgIpc) is 2.28. The molecule has 0 spiro atoms. The molecule has 0 saturated carbocycles. The van der Waals surface area contributed by atoms with E-state index in [1.165, 1.54) is 0 Å². The van der Waals surface area contributed by atoms with Gasteiger partial charge in [-0.3, -0.25) is 4.98 Å². The van der Waals surface area contributed by atoms with Crippen molar-refractivity contribution in [3.05, 3.63) is 35.5 Å². The second kappa shape index (κ2) is 4.75. The molecule has 0 saturated heterocycles. The van der Waals surface area contributed by atoms with Crippen molar-refractivity contribution in [2.75, 3.05) is 5.32 Å². The molecule has 2 aromatic rings. The molecule has 96 valence electrons. The fourth-order valence-electron chi connectivity index (χ4n) is 1.68. The molecule has 0 aliphatic rings. The SMILES string of the molecule is CC(O)C(C)(C)Nc1ccnc2cc(Cl)ccc12. The molecule has 0 fully saturated rings. The summed E-state index contributed by atoms with van der Waals surface area (Å²) in [7, 11) is 0. The quantitative estimate of drug-likeness (QED) is 0.892. The molecule has 0 radical (unpaired) electrons. The van der Waals surface area contributed by atoms with Crippen LogP contribution >= 0.6 is 11.6 Å². The summed E-state index contributed by atoms with van der Waals surface area (Å²) in [5.41, 5.74) is 1.38. The molecular weight excluding hydrogens is 248 g/mol. The van der Waals surface area contributed by atoms with Gasteiger partial charge in [-0.2, -0.15) is 0 Å². The van der Waals surface area contributed by atoms with Crippen molar-refractivity contribution in [2.45, 2.75) is 32.4 Å². The molecule has 0 amide bonds. The predicted octanol–water partition coefficient (Wildman–Crippen LogP) is 3.46. The first-order chi connectivity index (χ1) is 8.40. The summed E-state index contributed by atoms with van der Waals surface area (Å²) in [6.45, 7) is 5.69. The second-order valence-electron chi connectivity index (χ2n) is 5.04. The van der Waals surface area contributed by atoms with Gasteiger partial charge in [-0.05, 0) is 45.0 Å². The van der Waals surface area contributed by atoms with Gasteiger partial charge in [-0.15, -0.1) is 0 Å². The largest absolute Gasteiger partial charge is 0.391 e. The Balaban J connectivity index is 2.46. The van der Waals surface area contributed by atoms with Gasteiger partial charge in [0.05, 0.1) is 17.2 Å². The number of aliphatic hydroxyl groups excluding tert-OH is 1. The summed E-state index contributed by atoms with van der Waals surface area (Å²) in [4.78, 5) is 4.29. The normalized spacial score (nSPS) is 13.6. The number of rotatable bonds is 3. The van der Waals surface area contributed by atoms with Gasteiger partial charge < -0.3 is 10.4 Å². The molecule has 0 aliphatic carbocycles. The first-order valence-electron chi connectivity index (χ1n) is 5.91. The first-order valence-corrected chi connectivity index (χ1v) is 6.28. The summed E-state index contributed by atoms with van der Waals surface area (Å²) in [5, 5.41) is 14.8. The second-order valence-corrected chi connectivity index (χ2v) is 5.48. The molecule has 1 atom stereocenters. The van der Waals surface area contributed by atoms with Crippen molar-refractivity contribution in [1.29, 1.82) is 0 Å². The van der Waals surface area contributed by atoms with Crippen molar-refractivity contribution in [2.24, 2.45) is 0 Å². The Kier molecular flexibility index (Phi) is 3.46. The van der Waals surface area contributed by atoms with Crippen molar-refractivity contribution in [3.8, 4) is 0 Å². The van der Waals surface area contributed by atoms with Gasteiger partial charge in [-0.1, -0.05) is 11.6 Å². The van der Waals surface area contributed by atoms with Crippen LogP contribution in [0.4, 0.5) is 5.69 Å². The summed E-state index contributed by atoms with van der Waals surface area (Å²) in [5.74, 6) is 0. The zero-order chi connectivity index (χ0) is 13.3. The maximum atomic E-state index is 9.76. The number of hydrogen-bond acceptors (Lipinski definition) is 3. The zero-order valence-corrected chi connectivity index (χ0v) is 11.5. The van der Waals surface area contributed by atoms with Gasteiger partial charge in [0.1, 0.15) is 0 Å². The maximum Gasteiger partial charge on any atom is 0.0737 e. The highest BCUT2D eigenvalue weighted by molar-refractivity contribution is 6.31. The van der Waals surface area contributed by atoms with Gasteiger partial charge >= 0.3 is 0 Å². The number of aromatic nitrogens is 1. The van der Waals surface area contributed by atoms with E-state index in [0.717, 1.165) is 16.6 Å². The summed E-state index contributed by atoms with van der Waals surface area (Å²) in [6, 6.07) is 7.51. The Morgan fingerprint density at radius 2 is 2.06 bits per heavy atom. The van der Waals surface area contributed by atoms with E-state index < -0.39 is 11.6 Å². The molecule has 1 unspecified atom stereocenters. The van der Waals surface area contributed by atoms with Crippen LogP contribution in [0.5, 0.6) is 0 Å². The standard InChI is InChI=1S/C14H17ClN2O/c1-9(18)14(2,3)17-12-6-7-16-13-8-10(15)4-5-11(12)13/h4-9,18H,1-3H3,(H,16,17). The topological polar surface area (TPSA) is 45.1 Å². The molecular formula is C14H17ClN2O. The van der Waals surface area contributed by atoms with E-state index in [1.54, 1.807) is 13.1 Å². The predicted molar refractivity (Wildman–Crippen MR) is 76.1 cm³/mol. The van der Waals surface area contributed by atoms with E-state index in [0.29, 0.717) is 5.02 Å². The Morgan fingerprint density at radius 1 is 1.33 bits per heavy atom. The van der Waals surface area contributed by atoms with Crippen LogP contribution in [0.1, 0.15) is 20.8 Å². The number of fused-ring (bicyclic) bond motifs is 1. The Hall–Kier alpha value is -1.32. The van der Waals surface area contributed by atoms with Gasteiger partial charge in [0.2, 0.25) is 0 Å². The first kappa shape index (κ1) is 13.1. The van der Waals surface area contributed by atoms with Crippen molar-refractivity contribution < 1.29 is 5.11 Å². The van der Waals surface area contributed by atoms with E-state index in [9.17, 15) is 5.11 Å². The van der Waals surface area contributed by atoms with E-state index in [1.807, 2.05) is 38.1 Å². The molecule has 2 N–H and O–H groups in total. The fourth-order valence-corrected chi connectivity index (χ4v) is 1.85. The molecule has 18 heavy (non-hydrogen) atoms. The molecule has 0 aliphatic heterocycles. The van der Waals surface area contributed by atoms with Crippen LogP contribution < -0.4 is 5.32 Å². The lowest BCUT2D eigenvalue weighted by Crippen LogP contribution is -2.41. The van der Waals surface area contributed by atoms with E-state index in [2.05, 4.69) is 10.3 Å². The lowest BCUT2D eigenvalue weighted by molar-refractivity contribution is 0.133. The number of aliphatic hydroxyl groups is 1. The van der Waals surface area contributed by atoms with Crippen LogP contribution in [-0.4, -0.2) is 21.7 Å². The Labute approximate surface area is 112 Å². The number of benzene rings is 1. The third-order valence-corrected chi connectivity index (χ3v) is 3.44. The van der Waals surface area contributed by atoms with E-state index >= 15 is 0 Å². The van der Waals surface area contributed by atoms with Crippen LogP contribution in [0.25, 0.3) is 10.9 Å². The van der Waals surface area contributed by atoms with Gasteiger partial charge in [0.15, 0.2) is 0 Å². The fraction of sp³-hybridized carbons (Fsp3) is 0.357.